The Bertz CT molecular complexity index is 756. The predicted octanol–water partition coefficient (Wildman–Crippen LogP) is 5.41. The lowest BCUT2D eigenvalue weighted by molar-refractivity contribution is -0.137. The molecule has 0 saturated carbocycles. The van der Waals surface area contributed by atoms with Crippen molar-refractivity contribution in [2.24, 2.45) is 5.92 Å². The van der Waals surface area contributed by atoms with Gasteiger partial charge in [-0.05, 0) is 44.7 Å². The van der Waals surface area contributed by atoms with Crippen molar-refractivity contribution in [2.45, 2.75) is 59.2 Å². The minimum absolute atomic E-state index is 0.130. The standard InChI is InChI=1S/C22H31NO3/c1-7-16(4)26-20-13-12-19(17-10-8-9-11-18(17)20)23-21(24)22(5,25-6)14-15(2)3/h8-13,15-16H,7,14H2,1-6H3,(H,23,24)/t16-,22+/m1/s1. The summed E-state index contributed by atoms with van der Waals surface area (Å²) >= 11 is 0. The van der Waals surface area contributed by atoms with Crippen molar-refractivity contribution in [3.63, 3.8) is 0 Å². The zero-order chi connectivity index (χ0) is 19.3. The summed E-state index contributed by atoms with van der Waals surface area (Å²) in [5.74, 6) is 1.06. The molecule has 4 heteroatoms. The van der Waals surface area contributed by atoms with Crippen molar-refractivity contribution < 1.29 is 14.3 Å². The van der Waals surface area contributed by atoms with Crippen molar-refractivity contribution in [1.29, 1.82) is 0 Å². The van der Waals surface area contributed by atoms with Gasteiger partial charge in [-0.25, -0.2) is 0 Å². The van der Waals surface area contributed by atoms with E-state index in [0.717, 1.165) is 28.6 Å². The van der Waals surface area contributed by atoms with Gasteiger partial charge in [-0.1, -0.05) is 45.0 Å². The van der Waals surface area contributed by atoms with Crippen LogP contribution in [0.1, 0.15) is 47.5 Å². The Morgan fingerprint density at radius 2 is 1.77 bits per heavy atom. The van der Waals surface area contributed by atoms with E-state index in [1.54, 1.807) is 7.11 Å². The maximum Gasteiger partial charge on any atom is 0.256 e. The average molecular weight is 357 g/mol. The van der Waals surface area contributed by atoms with Gasteiger partial charge in [0.05, 0.1) is 6.10 Å². The molecule has 0 saturated heterocycles. The van der Waals surface area contributed by atoms with Crippen LogP contribution in [0.2, 0.25) is 0 Å². The second kappa shape index (κ2) is 8.54. The van der Waals surface area contributed by atoms with Crippen LogP contribution in [-0.4, -0.2) is 24.7 Å². The van der Waals surface area contributed by atoms with Crippen molar-refractivity contribution >= 4 is 22.4 Å². The Morgan fingerprint density at radius 3 is 2.35 bits per heavy atom. The van der Waals surface area contributed by atoms with Crippen LogP contribution in [0.25, 0.3) is 10.8 Å². The van der Waals surface area contributed by atoms with E-state index in [1.165, 1.54) is 0 Å². The maximum atomic E-state index is 12.9. The fourth-order valence-corrected chi connectivity index (χ4v) is 3.09. The normalized spacial score (nSPS) is 14.9. The SMILES string of the molecule is CC[C@@H](C)Oc1ccc(NC(=O)[C@](C)(CC(C)C)OC)c2ccccc12. The molecule has 0 aliphatic heterocycles. The van der Waals surface area contributed by atoms with Gasteiger partial charge >= 0.3 is 0 Å². The molecule has 4 nitrogen and oxygen atoms in total. The molecule has 0 unspecified atom stereocenters. The first-order chi connectivity index (χ1) is 12.3. The first-order valence-electron chi connectivity index (χ1n) is 9.35. The summed E-state index contributed by atoms with van der Waals surface area (Å²) in [4.78, 5) is 12.9. The fraction of sp³-hybridized carbons (Fsp3) is 0.500. The Balaban J connectivity index is 2.36. The van der Waals surface area contributed by atoms with E-state index in [0.29, 0.717) is 12.3 Å². The highest BCUT2D eigenvalue weighted by Gasteiger charge is 2.34. The molecule has 142 valence electrons. The fourth-order valence-electron chi connectivity index (χ4n) is 3.09. The number of methoxy groups -OCH3 is 1. The molecule has 0 spiro atoms. The molecule has 0 bridgehead atoms. The molecule has 26 heavy (non-hydrogen) atoms. The third-order valence-electron chi connectivity index (χ3n) is 4.76. The minimum Gasteiger partial charge on any atom is -0.490 e. The summed E-state index contributed by atoms with van der Waals surface area (Å²) in [5.41, 5.74) is -0.0876. The minimum atomic E-state index is -0.860. The van der Waals surface area contributed by atoms with E-state index in [2.05, 4.69) is 33.0 Å². The Labute approximate surface area is 156 Å². The number of fused-ring (bicyclic) bond motifs is 1. The number of ether oxygens (including phenoxy) is 2. The number of carbonyl (C=O) groups is 1. The lowest BCUT2D eigenvalue weighted by Gasteiger charge is -2.29. The third-order valence-corrected chi connectivity index (χ3v) is 4.76. The molecule has 2 atom stereocenters. The van der Waals surface area contributed by atoms with E-state index >= 15 is 0 Å². The third kappa shape index (κ3) is 4.55. The largest absolute Gasteiger partial charge is 0.490 e. The summed E-state index contributed by atoms with van der Waals surface area (Å²) in [7, 11) is 1.59. The number of anilines is 1. The Kier molecular flexibility index (Phi) is 6.65. The van der Waals surface area contributed by atoms with Crippen LogP contribution < -0.4 is 10.1 Å². The highest BCUT2D eigenvalue weighted by Crippen LogP contribution is 2.33. The van der Waals surface area contributed by atoms with Crippen LogP contribution in [-0.2, 0) is 9.53 Å². The number of carbonyl (C=O) groups excluding carboxylic acids is 1. The average Bonchev–Trinajstić information content (AvgIpc) is 2.62. The van der Waals surface area contributed by atoms with Gasteiger partial charge in [-0.3, -0.25) is 4.79 Å². The Hall–Kier alpha value is -2.07. The summed E-state index contributed by atoms with van der Waals surface area (Å²) in [6.45, 7) is 10.2. The molecular formula is C22H31NO3. The van der Waals surface area contributed by atoms with Crippen LogP contribution in [0.4, 0.5) is 5.69 Å². The summed E-state index contributed by atoms with van der Waals surface area (Å²) in [5, 5.41) is 5.01. The number of benzene rings is 2. The lowest BCUT2D eigenvalue weighted by atomic mass is 9.93. The summed E-state index contributed by atoms with van der Waals surface area (Å²) < 4.78 is 11.6. The van der Waals surface area contributed by atoms with Gasteiger partial charge in [0.2, 0.25) is 0 Å². The molecular weight excluding hydrogens is 326 g/mol. The monoisotopic (exact) mass is 357 g/mol. The van der Waals surface area contributed by atoms with E-state index in [-0.39, 0.29) is 12.0 Å². The van der Waals surface area contributed by atoms with Crippen LogP contribution in [0.3, 0.4) is 0 Å². The predicted molar refractivity (Wildman–Crippen MR) is 108 cm³/mol. The van der Waals surface area contributed by atoms with E-state index < -0.39 is 5.60 Å². The Morgan fingerprint density at radius 1 is 1.12 bits per heavy atom. The molecule has 0 aromatic heterocycles. The van der Waals surface area contributed by atoms with Gasteiger partial charge in [0.25, 0.3) is 5.91 Å². The van der Waals surface area contributed by atoms with Gasteiger partial charge in [-0.2, -0.15) is 0 Å². The molecule has 2 aromatic carbocycles. The maximum absolute atomic E-state index is 12.9. The first-order valence-corrected chi connectivity index (χ1v) is 9.35. The number of amides is 1. The zero-order valence-corrected chi connectivity index (χ0v) is 16.8. The van der Waals surface area contributed by atoms with Crippen LogP contribution in [0, 0.1) is 5.92 Å². The molecule has 0 aliphatic carbocycles. The molecule has 0 heterocycles. The second-order valence-electron chi connectivity index (χ2n) is 7.48. The molecule has 0 radical (unpaired) electrons. The number of hydrogen-bond donors (Lipinski definition) is 1. The van der Waals surface area contributed by atoms with Crippen LogP contribution >= 0.6 is 0 Å². The smallest absolute Gasteiger partial charge is 0.256 e. The van der Waals surface area contributed by atoms with Gasteiger partial charge in [0, 0.05) is 23.6 Å². The molecule has 0 aliphatic rings. The first kappa shape index (κ1) is 20.2. The van der Waals surface area contributed by atoms with Crippen molar-refractivity contribution in [3.8, 4) is 5.75 Å². The highest BCUT2D eigenvalue weighted by atomic mass is 16.5. The quantitative estimate of drug-likeness (QED) is 0.687. The van der Waals surface area contributed by atoms with Crippen LogP contribution in [0.15, 0.2) is 36.4 Å². The number of rotatable bonds is 8. The second-order valence-corrected chi connectivity index (χ2v) is 7.48. The van der Waals surface area contributed by atoms with Gasteiger partial charge < -0.3 is 14.8 Å². The van der Waals surface area contributed by atoms with Gasteiger partial charge in [-0.15, -0.1) is 0 Å². The van der Waals surface area contributed by atoms with E-state index in [4.69, 9.17) is 9.47 Å². The van der Waals surface area contributed by atoms with Gasteiger partial charge in [0.15, 0.2) is 0 Å². The van der Waals surface area contributed by atoms with Crippen LogP contribution in [0.5, 0.6) is 5.75 Å². The zero-order valence-electron chi connectivity index (χ0n) is 16.8. The van der Waals surface area contributed by atoms with Gasteiger partial charge in [0.1, 0.15) is 11.4 Å². The number of nitrogens with one attached hydrogen (secondary N) is 1. The van der Waals surface area contributed by atoms with Crippen molar-refractivity contribution in [2.75, 3.05) is 12.4 Å². The molecule has 1 amide bonds. The van der Waals surface area contributed by atoms with E-state index in [9.17, 15) is 4.79 Å². The highest BCUT2D eigenvalue weighted by molar-refractivity contribution is 6.06. The summed E-state index contributed by atoms with van der Waals surface area (Å²) in [6.07, 6.45) is 1.73. The lowest BCUT2D eigenvalue weighted by Crippen LogP contribution is -2.43. The topological polar surface area (TPSA) is 47.6 Å². The molecule has 2 aromatic rings. The van der Waals surface area contributed by atoms with Crippen molar-refractivity contribution in [1.82, 2.24) is 0 Å². The molecule has 1 N–H and O–H groups in total. The van der Waals surface area contributed by atoms with E-state index in [1.807, 2.05) is 43.3 Å². The molecule has 2 rings (SSSR count). The molecule has 0 fully saturated rings. The number of hydrogen-bond acceptors (Lipinski definition) is 3. The summed E-state index contributed by atoms with van der Waals surface area (Å²) in [6, 6.07) is 11.8. The van der Waals surface area contributed by atoms with Crippen molar-refractivity contribution in [3.05, 3.63) is 36.4 Å².